The summed E-state index contributed by atoms with van der Waals surface area (Å²) >= 11 is 0. The predicted octanol–water partition coefficient (Wildman–Crippen LogP) is 3.12. The number of methoxy groups -OCH3 is 4. The van der Waals surface area contributed by atoms with Gasteiger partial charge < -0.3 is 28.7 Å². The Morgan fingerprint density at radius 3 is 2.33 bits per heavy atom. The number of fused-ring (bicyclic) bond motifs is 6. The predicted molar refractivity (Wildman–Crippen MR) is 116 cm³/mol. The molecule has 2 atom stereocenters. The highest BCUT2D eigenvalue weighted by molar-refractivity contribution is 6.09. The molecule has 7 nitrogen and oxygen atoms in total. The van der Waals surface area contributed by atoms with Gasteiger partial charge in [-0.25, -0.2) is 0 Å². The Bertz CT molecular complexity index is 1010. The van der Waals surface area contributed by atoms with E-state index in [1.165, 1.54) is 5.56 Å². The lowest BCUT2D eigenvalue weighted by Crippen LogP contribution is -2.53. The van der Waals surface area contributed by atoms with Crippen LogP contribution in [0.4, 0.5) is 5.69 Å². The van der Waals surface area contributed by atoms with Crippen LogP contribution in [0.3, 0.4) is 0 Å². The van der Waals surface area contributed by atoms with Crippen molar-refractivity contribution in [3.63, 3.8) is 0 Å². The lowest BCUT2D eigenvalue weighted by atomic mass is 9.92. The first kappa shape index (κ1) is 18.9. The van der Waals surface area contributed by atoms with Crippen LogP contribution in [0.5, 0.6) is 23.0 Å². The summed E-state index contributed by atoms with van der Waals surface area (Å²) in [4.78, 5) is 9.79. The standard InChI is InChI=1S/C23H27N3O4/c1-27-17-7-5-14(13-19(17)29-3)15-9-11-25-16-6-8-18(28-2)21(30-4)20(16)22-24-10-12-26(22)23(15)25/h5-8,13,15,23H,9-12H2,1-4H3. The van der Waals surface area contributed by atoms with Gasteiger partial charge in [0.2, 0.25) is 0 Å². The third kappa shape index (κ3) is 2.61. The summed E-state index contributed by atoms with van der Waals surface area (Å²) < 4.78 is 22.3. The Balaban J connectivity index is 1.60. The maximum absolute atomic E-state index is 5.77. The molecule has 0 aromatic heterocycles. The fourth-order valence-corrected chi connectivity index (χ4v) is 5.16. The van der Waals surface area contributed by atoms with Gasteiger partial charge in [-0.2, -0.15) is 0 Å². The molecule has 158 valence electrons. The molecule has 1 fully saturated rings. The van der Waals surface area contributed by atoms with Gasteiger partial charge in [0.05, 0.1) is 46.2 Å². The highest BCUT2D eigenvalue weighted by Gasteiger charge is 2.47. The molecule has 2 aromatic rings. The van der Waals surface area contributed by atoms with Crippen molar-refractivity contribution in [2.75, 3.05) is 53.0 Å². The lowest BCUT2D eigenvalue weighted by molar-refractivity contribution is 0.305. The van der Waals surface area contributed by atoms with Gasteiger partial charge in [-0.15, -0.1) is 0 Å². The minimum atomic E-state index is 0.218. The Morgan fingerprint density at radius 1 is 0.833 bits per heavy atom. The van der Waals surface area contributed by atoms with Gasteiger partial charge in [-0.3, -0.25) is 4.99 Å². The number of anilines is 1. The van der Waals surface area contributed by atoms with Crippen LogP contribution in [0.1, 0.15) is 23.5 Å². The van der Waals surface area contributed by atoms with Gasteiger partial charge in [-0.1, -0.05) is 6.07 Å². The second kappa shape index (κ2) is 7.31. The Morgan fingerprint density at radius 2 is 1.60 bits per heavy atom. The lowest BCUT2D eigenvalue weighted by Gasteiger charge is -2.44. The highest BCUT2D eigenvalue weighted by Crippen LogP contribution is 2.49. The fraction of sp³-hybridized carbons (Fsp3) is 0.435. The average molecular weight is 409 g/mol. The van der Waals surface area contributed by atoms with Crippen molar-refractivity contribution in [1.82, 2.24) is 4.90 Å². The van der Waals surface area contributed by atoms with Gasteiger partial charge in [-0.05, 0) is 36.2 Å². The fourth-order valence-electron chi connectivity index (χ4n) is 5.16. The van der Waals surface area contributed by atoms with Gasteiger partial charge >= 0.3 is 0 Å². The molecule has 2 unspecified atom stereocenters. The number of rotatable bonds is 5. The molecule has 5 rings (SSSR count). The maximum atomic E-state index is 5.77. The summed E-state index contributed by atoms with van der Waals surface area (Å²) in [5.74, 6) is 4.37. The molecule has 0 spiro atoms. The molecule has 3 heterocycles. The molecule has 0 saturated carbocycles. The summed E-state index contributed by atoms with van der Waals surface area (Å²) in [5.41, 5.74) is 3.46. The van der Waals surface area contributed by atoms with Crippen molar-refractivity contribution in [1.29, 1.82) is 0 Å². The van der Waals surface area contributed by atoms with E-state index in [9.17, 15) is 0 Å². The minimum Gasteiger partial charge on any atom is -0.493 e. The summed E-state index contributed by atoms with van der Waals surface area (Å²) in [5, 5.41) is 0. The number of hydrogen-bond acceptors (Lipinski definition) is 7. The zero-order valence-corrected chi connectivity index (χ0v) is 17.8. The van der Waals surface area contributed by atoms with Crippen LogP contribution in [-0.4, -0.2) is 65.0 Å². The summed E-state index contributed by atoms with van der Waals surface area (Å²) in [6.07, 6.45) is 1.27. The SMILES string of the molecule is COc1ccc(C2CCN3c4ccc(OC)c(OC)c4C4=NCCN4C23)cc1OC. The normalized spacial score (nSPS) is 21.5. The van der Waals surface area contributed by atoms with Crippen LogP contribution in [0.25, 0.3) is 0 Å². The molecule has 2 aromatic carbocycles. The number of hydrogen-bond donors (Lipinski definition) is 0. The Kier molecular flexibility index (Phi) is 4.60. The van der Waals surface area contributed by atoms with E-state index in [0.717, 1.165) is 66.1 Å². The molecule has 3 aliphatic rings. The van der Waals surface area contributed by atoms with Crippen LogP contribution in [0.2, 0.25) is 0 Å². The second-order valence-electron chi connectivity index (χ2n) is 7.71. The second-order valence-corrected chi connectivity index (χ2v) is 7.71. The summed E-state index contributed by atoms with van der Waals surface area (Å²) in [7, 11) is 6.72. The van der Waals surface area contributed by atoms with E-state index in [0.29, 0.717) is 5.92 Å². The van der Waals surface area contributed by atoms with Gasteiger partial charge in [0.15, 0.2) is 23.0 Å². The van der Waals surface area contributed by atoms with Crippen molar-refractivity contribution in [3.8, 4) is 23.0 Å². The maximum Gasteiger partial charge on any atom is 0.173 e. The number of benzene rings is 2. The quantitative estimate of drug-likeness (QED) is 0.756. The van der Waals surface area contributed by atoms with Crippen LogP contribution in [0, 0.1) is 0 Å². The molecular weight excluding hydrogens is 382 g/mol. The van der Waals surface area contributed by atoms with E-state index in [1.807, 2.05) is 12.1 Å². The molecule has 0 bridgehead atoms. The number of ether oxygens (including phenoxy) is 4. The van der Waals surface area contributed by atoms with Crippen molar-refractivity contribution in [3.05, 3.63) is 41.5 Å². The van der Waals surface area contributed by atoms with E-state index in [2.05, 4.69) is 28.0 Å². The van der Waals surface area contributed by atoms with E-state index in [4.69, 9.17) is 23.9 Å². The molecule has 0 N–H and O–H groups in total. The summed E-state index contributed by atoms with van der Waals surface area (Å²) in [6, 6.07) is 10.4. The minimum absolute atomic E-state index is 0.218. The van der Waals surface area contributed by atoms with Crippen molar-refractivity contribution in [2.45, 2.75) is 18.5 Å². The molecule has 0 radical (unpaired) electrons. The van der Waals surface area contributed by atoms with Crippen LogP contribution >= 0.6 is 0 Å². The highest BCUT2D eigenvalue weighted by atomic mass is 16.5. The first-order valence-corrected chi connectivity index (χ1v) is 10.3. The van der Waals surface area contributed by atoms with E-state index in [-0.39, 0.29) is 6.17 Å². The molecule has 3 aliphatic heterocycles. The topological polar surface area (TPSA) is 55.8 Å². The smallest absolute Gasteiger partial charge is 0.173 e. The molecule has 30 heavy (non-hydrogen) atoms. The average Bonchev–Trinajstić information content (AvgIpc) is 3.44. The van der Waals surface area contributed by atoms with E-state index < -0.39 is 0 Å². The van der Waals surface area contributed by atoms with Crippen molar-refractivity contribution < 1.29 is 18.9 Å². The van der Waals surface area contributed by atoms with Gasteiger partial charge in [0.1, 0.15) is 12.0 Å². The molecule has 0 aliphatic carbocycles. The van der Waals surface area contributed by atoms with Crippen LogP contribution in [-0.2, 0) is 0 Å². The third-order valence-corrected chi connectivity index (χ3v) is 6.45. The summed E-state index contributed by atoms with van der Waals surface area (Å²) in [6.45, 7) is 2.66. The van der Waals surface area contributed by atoms with Crippen molar-refractivity contribution in [2.24, 2.45) is 4.99 Å². The van der Waals surface area contributed by atoms with Crippen LogP contribution < -0.4 is 23.8 Å². The number of nitrogens with zero attached hydrogens (tertiary/aromatic N) is 3. The monoisotopic (exact) mass is 409 g/mol. The van der Waals surface area contributed by atoms with Crippen molar-refractivity contribution >= 4 is 11.5 Å². The molecule has 0 amide bonds. The zero-order chi connectivity index (χ0) is 20.8. The number of amidine groups is 1. The first-order valence-electron chi connectivity index (χ1n) is 10.3. The largest absolute Gasteiger partial charge is 0.493 e. The number of aliphatic imine (C=N–C) groups is 1. The molecule has 7 heteroatoms. The van der Waals surface area contributed by atoms with Crippen LogP contribution in [0.15, 0.2) is 35.3 Å². The first-order chi connectivity index (χ1) is 14.7. The zero-order valence-electron chi connectivity index (χ0n) is 17.8. The Hall–Kier alpha value is -3.09. The third-order valence-electron chi connectivity index (χ3n) is 6.45. The van der Waals surface area contributed by atoms with Gasteiger partial charge in [0.25, 0.3) is 0 Å². The van der Waals surface area contributed by atoms with Gasteiger partial charge in [0, 0.05) is 19.0 Å². The molecule has 1 saturated heterocycles. The Labute approximate surface area is 176 Å². The van der Waals surface area contributed by atoms with E-state index >= 15 is 0 Å². The molecular formula is C23H27N3O4. The van der Waals surface area contributed by atoms with E-state index in [1.54, 1.807) is 28.4 Å².